The number of carbonyl (C=O) groups excluding carboxylic acids is 1. The van der Waals surface area contributed by atoms with E-state index >= 15 is 0 Å². The fourth-order valence-electron chi connectivity index (χ4n) is 1.35. The van der Waals surface area contributed by atoms with Gasteiger partial charge in [-0.2, -0.15) is 11.8 Å². The molecule has 4 nitrogen and oxygen atoms in total. The first-order valence-corrected chi connectivity index (χ1v) is 7.35. The number of anilines is 1. The molecule has 102 valence electrons. The number of hydrogen-bond donors (Lipinski definition) is 2. The van der Waals surface area contributed by atoms with Crippen molar-refractivity contribution in [2.45, 2.75) is 6.42 Å². The van der Waals surface area contributed by atoms with E-state index in [9.17, 15) is 4.79 Å². The SMILES string of the molecule is C#CCOc1ccc(NC(=O)NCCCSC)cc1. The molecule has 19 heavy (non-hydrogen) atoms. The third-order valence-electron chi connectivity index (χ3n) is 2.25. The third-order valence-corrected chi connectivity index (χ3v) is 2.94. The number of nitrogens with one attached hydrogen (secondary N) is 2. The van der Waals surface area contributed by atoms with E-state index in [4.69, 9.17) is 11.2 Å². The molecule has 0 spiro atoms. The van der Waals surface area contributed by atoms with Gasteiger partial charge in [0.1, 0.15) is 12.4 Å². The number of thioether (sulfide) groups is 1. The Hall–Kier alpha value is -1.80. The summed E-state index contributed by atoms with van der Waals surface area (Å²) in [5.41, 5.74) is 0.718. The Bertz CT molecular complexity index is 426. The molecule has 2 N–H and O–H groups in total. The van der Waals surface area contributed by atoms with Gasteiger partial charge in [0, 0.05) is 12.2 Å². The number of rotatable bonds is 7. The topological polar surface area (TPSA) is 50.4 Å². The maximum Gasteiger partial charge on any atom is 0.319 e. The smallest absolute Gasteiger partial charge is 0.319 e. The van der Waals surface area contributed by atoms with Crippen LogP contribution in [0.15, 0.2) is 24.3 Å². The summed E-state index contributed by atoms with van der Waals surface area (Å²) >= 11 is 1.77. The molecule has 2 amide bonds. The fourth-order valence-corrected chi connectivity index (χ4v) is 1.79. The van der Waals surface area contributed by atoms with Crippen LogP contribution in [0, 0.1) is 12.3 Å². The van der Waals surface area contributed by atoms with Gasteiger partial charge in [-0.25, -0.2) is 4.79 Å². The quantitative estimate of drug-likeness (QED) is 0.595. The van der Waals surface area contributed by atoms with Crippen LogP contribution in [-0.4, -0.2) is 31.2 Å². The highest BCUT2D eigenvalue weighted by Crippen LogP contribution is 2.15. The van der Waals surface area contributed by atoms with Gasteiger partial charge in [-0.05, 0) is 42.7 Å². The van der Waals surface area contributed by atoms with Crippen molar-refractivity contribution in [3.8, 4) is 18.1 Å². The predicted octanol–water partition coefficient (Wildman–Crippen LogP) is 2.57. The van der Waals surface area contributed by atoms with Crippen molar-refractivity contribution >= 4 is 23.5 Å². The zero-order valence-corrected chi connectivity index (χ0v) is 11.8. The van der Waals surface area contributed by atoms with Gasteiger partial charge in [-0.1, -0.05) is 5.92 Å². The second kappa shape index (κ2) is 9.17. The van der Waals surface area contributed by atoms with E-state index in [0.717, 1.165) is 17.9 Å². The molecular formula is C14H18N2O2S. The molecule has 0 saturated heterocycles. The summed E-state index contributed by atoms with van der Waals surface area (Å²) < 4.78 is 5.24. The molecule has 0 aliphatic heterocycles. The molecule has 0 atom stereocenters. The summed E-state index contributed by atoms with van der Waals surface area (Å²) in [4.78, 5) is 11.5. The Morgan fingerprint density at radius 3 is 2.79 bits per heavy atom. The van der Waals surface area contributed by atoms with Crippen LogP contribution in [0.2, 0.25) is 0 Å². The van der Waals surface area contributed by atoms with Crippen LogP contribution >= 0.6 is 11.8 Å². The van der Waals surface area contributed by atoms with E-state index in [1.807, 2.05) is 6.26 Å². The summed E-state index contributed by atoms with van der Waals surface area (Å²) in [5, 5.41) is 5.54. The number of urea groups is 1. The Kier molecular flexibility index (Phi) is 7.37. The van der Waals surface area contributed by atoms with Gasteiger partial charge in [-0.15, -0.1) is 6.42 Å². The zero-order chi connectivity index (χ0) is 13.9. The minimum Gasteiger partial charge on any atom is -0.481 e. The number of hydrogen-bond acceptors (Lipinski definition) is 3. The lowest BCUT2D eigenvalue weighted by Gasteiger charge is -2.08. The Labute approximate surface area is 118 Å². The molecule has 0 unspecified atom stereocenters. The summed E-state index contributed by atoms with van der Waals surface area (Å²) in [6.45, 7) is 0.915. The lowest BCUT2D eigenvalue weighted by Crippen LogP contribution is -2.29. The molecule has 0 saturated carbocycles. The maximum absolute atomic E-state index is 11.5. The average molecular weight is 278 g/mol. The van der Waals surface area contributed by atoms with Gasteiger partial charge in [0.25, 0.3) is 0 Å². The predicted molar refractivity (Wildman–Crippen MR) is 80.8 cm³/mol. The minimum absolute atomic E-state index is 0.196. The molecular weight excluding hydrogens is 260 g/mol. The lowest BCUT2D eigenvalue weighted by molar-refractivity contribution is 0.252. The monoisotopic (exact) mass is 278 g/mol. The van der Waals surface area contributed by atoms with Crippen molar-refractivity contribution in [3.05, 3.63) is 24.3 Å². The molecule has 0 aliphatic rings. The second-order valence-corrected chi connectivity index (χ2v) is 4.73. The van der Waals surface area contributed by atoms with E-state index < -0.39 is 0 Å². The van der Waals surface area contributed by atoms with E-state index in [0.29, 0.717) is 12.3 Å². The molecule has 1 aromatic carbocycles. The third kappa shape index (κ3) is 6.63. The molecule has 0 aliphatic carbocycles. The van der Waals surface area contributed by atoms with Crippen molar-refractivity contribution in [3.63, 3.8) is 0 Å². The van der Waals surface area contributed by atoms with Crippen LogP contribution in [0.4, 0.5) is 10.5 Å². The van der Waals surface area contributed by atoms with Crippen molar-refractivity contribution in [2.24, 2.45) is 0 Å². The van der Waals surface area contributed by atoms with Crippen molar-refractivity contribution in [1.82, 2.24) is 5.32 Å². The van der Waals surface area contributed by atoms with E-state index in [-0.39, 0.29) is 12.6 Å². The van der Waals surface area contributed by atoms with Gasteiger partial charge < -0.3 is 15.4 Å². The zero-order valence-electron chi connectivity index (χ0n) is 10.9. The summed E-state index contributed by atoms with van der Waals surface area (Å²) in [5.74, 6) is 4.12. The van der Waals surface area contributed by atoms with Crippen molar-refractivity contribution < 1.29 is 9.53 Å². The Morgan fingerprint density at radius 2 is 2.16 bits per heavy atom. The van der Waals surface area contributed by atoms with Gasteiger partial charge >= 0.3 is 6.03 Å². The van der Waals surface area contributed by atoms with Crippen LogP contribution < -0.4 is 15.4 Å². The van der Waals surface area contributed by atoms with E-state index in [1.54, 1.807) is 36.0 Å². The molecule has 0 fully saturated rings. The van der Waals surface area contributed by atoms with Crippen LogP contribution in [-0.2, 0) is 0 Å². The molecule has 1 aromatic rings. The largest absolute Gasteiger partial charge is 0.481 e. The fraction of sp³-hybridized carbons (Fsp3) is 0.357. The second-order valence-electron chi connectivity index (χ2n) is 3.74. The molecule has 0 heterocycles. The van der Waals surface area contributed by atoms with Gasteiger partial charge in [0.05, 0.1) is 0 Å². The maximum atomic E-state index is 11.5. The van der Waals surface area contributed by atoms with Gasteiger partial charge in [0.2, 0.25) is 0 Å². The first-order chi connectivity index (χ1) is 9.26. The lowest BCUT2D eigenvalue weighted by atomic mass is 10.3. The van der Waals surface area contributed by atoms with Crippen LogP contribution in [0.5, 0.6) is 5.75 Å². The van der Waals surface area contributed by atoms with E-state index in [1.165, 1.54) is 0 Å². The Morgan fingerprint density at radius 1 is 1.42 bits per heavy atom. The first-order valence-electron chi connectivity index (χ1n) is 5.96. The van der Waals surface area contributed by atoms with Crippen molar-refractivity contribution in [1.29, 1.82) is 0 Å². The number of terminal acetylenes is 1. The van der Waals surface area contributed by atoms with Crippen LogP contribution in [0.1, 0.15) is 6.42 Å². The summed E-state index contributed by atoms with van der Waals surface area (Å²) in [7, 11) is 0. The van der Waals surface area contributed by atoms with Gasteiger partial charge in [0.15, 0.2) is 0 Å². The Balaban J connectivity index is 2.32. The molecule has 5 heteroatoms. The summed E-state index contributed by atoms with van der Waals surface area (Å²) in [6, 6.07) is 6.88. The van der Waals surface area contributed by atoms with Gasteiger partial charge in [-0.3, -0.25) is 0 Å². The number of carbonyl (C=O) groups is 1. The highest BCUT2D eigenvalue weighted by atomic mass is 32.2. The molecule has 0 aromatic heterocycles. The molecule has 0 bridgehead atoms. The highest BCUT2D eigenvalue weighted by molar-refractivity contribution is 7.98. The minimum atomic E-state index is -0.196. The average Bonchev–Trinajstić information content (AvgIpc) is 2.43. The summed E-state index contributed by atoms with van der Waals surface area (Å²) in [6.07, 6.45) is 8.11. The normalized spacial score (nSPS) is 9.47. The standard InChI is InChI=1S/C14H18N2O2S/c1-3-10-18-13-7-5-12(6-8-13)16-14(17)15-9-4-11-19-2/h1,5-8H,4,9-11H2,2H3,(H2,15,16,17). The molecule has 1 rings (SSSR count). The highest BCUT2D eigenvalue weighted by Gasteiger charge is 2.01. The number of ether oxygens (including phenoxy) is 1. The number of benzene rings is 1. The van der Waals surface area contributed by atoms with E-state index in [2.05, 4.69) is 16.6 Å². The number of amides is 2. The van der Waals surface area contributed by atoms with Crippen LogP contribution in [0.3, 0.4) is 0 Å². The first kappa shape index (κ1) is 15.3. The van der Waals surface area contributed by atoms with Crippen LogP contribution in [0.25, 0.3) is 0 Å². The molecule has 0 radical (unpaired) electrons. The van der Waals surface area contributed by atoms with Crippen molar-refractivity contribution in [2.75, 3.05) is 30.5 Å².